The van der Waals surface area contributed by atoms with Crippen LogP contribution in [0.25, 0.3) is 4.98 Å². The molecule has 4 aliphatic carbocycles. The molecule has 0 radical (unpaired) electrons. The Hall–Kier alpha value is -1.04. The molecule has 0 aromatic heterocycles. The van der Waals surface area contributed by atoms with Gasteiger partial charge in [-0.3, -0.25) is 0 Å². The van der Waals surface area contributed by atoms with Gasteiger partial charge in [-0.15, -0.1) is 0 Å². The molecule has 0 saturated heterocycles. The Bertz CT molecular complexity index is 278. The average Bonchev–Trinajstić information content (AvgIpc) is 2.74. The summed E-state index contributed by atoms with van der Waals surface area (Å²) in [5, 5.41) is 17.7. The zero-order chi connectivity index (χ0) is 6.88. The van der Waals surface area contributed by atoms with E-state index in [-0.39, 0.29) is 0 Å². The fourth-order valence-electron chi connectivity index (χ4n) is 2.42. The largest absolute Gasteiger partial charge is 0.505 e. The van der Waals surface area contributed by atoms with Crippen LogP contribution < -0.4 is 0 Å². The Labute approximate surface area is 58.0 Å². The number of nitrogens with zero attached hydrogens (tertiary/aromatic N) is 2. The summed E-state index contributed by atoms with van der Waals surface area (Å²) >= 11 is 0. The van der Waals surface area contributed by atoms with E-state index < -0.39 is 0 Å². The molecule has 2 bridgehead atoms. The highest BCUT2D eigenvalue weighted by Gasteiger charge is 2.79. The maximum atomic E-state index is 9.32. The molecule has 0 heterocycles. The van der Waals surface area contributed by atoms with Crippen molar-refractivity contribution in [2.75, 3.05) is 0 Å². The van der Waals surface area contributed by atoms with Gasteiger partial charge < -0.3 is 5.11 Å². The lowest BCUT2D eigenvalue weighted by Gasteiger charge is -2.11. The van der Waals surface area contributed by atoms with Crippen LogP contribution in [0.4, 0.5) is 0 Å². The molecule has 2 saturated carbocycles. The SMILES string of the molecule is N#[N+]C1=C(O)C2[C@H]3C(C1)[C@@H]23. The minimum Gasteiger partial charge on any atom is -0.505 e. The lowest BCUT2D eigenvalue weighted by atomic mass is 9.91. The maximum Gasteiger partial charge on any atom is 0.398 e. The first-order valence-corrected chi connectivity index (χ1v) is 3.61. The second-order valence-corrected chi connectivity index (χ2v) is 3.48. The van der Waals surface area contributed by atoms with Gasteiger partial charge in [-0.25, -0.2) is 0 Å². The van der Waals surface area contributed by atoms with E-state index in [4.69, 9.17) is 5.39 Å². The summed E-state index contributed by atoms with van der Waals surface area (Å²) in [6.45, 7) is 0. The zero-order valence-corrected chi connectivity index (χ0v) is 5.36. The first-order chi connectivity index (χ1) is 4.84. The van der Waals surface area contributed by atoms with E-state index in [1.165, 1.54) is 0 Å². The van der Waals surface area contributed by atoms with Crippen LogP contribution in [0, 0.1) is 29.1 Å². The van der Waals surface area contributed by atoms with Gasteiger partial charge in [0.25, 0.3) is 0 Å². The van der Waals surface area contributed by atoms with Gasteiger partial charge in [-0.05, 0) is 17.8 Å². The number of fused-ring (bicyclic) bond motifs is 1. The van der Waals surface area contributed by atoms with Crippen molar-refractivity contribution >= 4 is 0 Å². The van der Waals surface area contributed by atoms with Crippen LogP contribution in [-0.2, 0) is 0 Å². The Morgan fingerprint density at radius 3 is 2.70 bits per heavy atom. The highest BCUT2D eigenvalue weighted by molar-refractivity contribution is 5.39. The van der Waals surface area contributed by atoms with Crippen molar-refractivity contribution in [1.29, 1.82) is 5.39 Å². The van der Waals surface area contributed by atoms with Crippen LogP contribution in [0.3, 0.4) is 0 Å². The molecular formula is C7H7N2O+. The quantitative estimate of drug-likeness (QED) is 0.512. The number of aliphatic hydroxyl groups excluding tert-OH is 1. The number of hydrogen-bond acceptors (Lipinski definition) is 2. The standard InChI is InChI=1S/C7H6N2O/c8-9-3-1-2-4-5(2)6(4)7(3)10/h2,4-6H,1H2/p+1/t2?,4-,5+,6?. The summed E-state index contributed by atoms with van der Waals surface area (Å²) in [6, 6.07) is 0. The number of allylic oxidation sites excluding steroid dienone is 2. The average molecular weight is 135 g/mol. The maximum absolute atomic E-state index is 9.32. The normalized spacial score (nSPS) is 53.5. The highest BCUT2D eigenvalue weighted by Crippen LogP contribution is 2.79. The van der Waals surface area contributed by atoms with Crippen molar-refractivity contribution in [2.45, 2.75) is 6.42 Å². The fourth-order valence-corrected chi connectivity index (χ4v) is 2.42. The third-order valence-electron chi connectivity index (χ3n) is 3.14. The van der Waals surface area contributed by atoms with Crippen molar-refractivity contribution in [3.63, 3.8) is 0 Å². The first-order valence-electron chi connectivity index (χ1n) is 3.61. The summed E-state index contributed by atoms with van der Waals surface area (Å²) in [5.41, 5.74) is 0.528. The molecule has 3 heteroatoms. The van der Waals surface area contributed by atoms with Gasteiger partial charge in [0.15, 0.2) is 10.7 Å². The molecule has 2 unspecified atom stereocenters. The molecule has 50 valence electrons. The summed E-state index contributed by atoms with van der Waals surface area (Å²) in [6.07, 6.45) is 0.800. The lowest BCUT2D eigenvalue weighted by molar-refractivity contribution is 0.296. The van der Waals surface area contributed by atoms with E-state index in [1.807, 2.05) is 0 Å². The Morgan fingerprint density at radius 1 is 1.50 bits per heavy atom. The summed E-state index contributed by atoms with van der Waals surface area (Å²) in [5.74, 6) is 3.05. The molecule has 10 heavy (non-hydrogen) atoms. The molecule has 4 atom stereocenters. The second-order valence-electron chi connectivity index (χ2n) is 3.48. The van der Waals surface area contributed by atoms with Crippen molar-refractivity contribution in [1.82, 2.24) is 0 Å². The first kappa shape index (κ1) is 4.73. The van der Waals surface area contributed by atoms with Gasteiger partial charge in [0, 0.05) is 5.92 Å². The van der Waals surface area contributed by atoms with E-state index in [1.54, 1.807) is 0 Å². The van der Waals surface area contributed by atoms with Gasteiger partial charge in [0.2, 0.25) is 5.39 Å². The predicted molar refractivity (Wildman–Crippen MR) is 33.3 cm³/mol. The minimum atomic E-state index is 0.361. The van der Waals surface area contributed by atoms with Crippen molar-refractivity contribution in [3.05, 3.63) is 16.4 Å². The molecule has 0 aromatic carbocycles. The van der Waals surface area contributed by atoms with E-state index in [0.717, 1.165) is 24.2 Å². The van der Waals surface area contributed by atoms with Crippen molar-refractivity contribution < 1.29 is 5.11 Å². The van der Waals surface area contributed by atoms with E-state index in [0.29, 0.717) is 17.4 Å². The molecule has 3 nitrogen and oxygen atoms in total. The summed E-state index contributed by atoms with van der Waals surface area (Å²) < 4.78 is 0. The number of aliphatic hydroxyl groups is 1. The Balaban J connectivity index is 2.07. The van der Waals surface area contributed by atoms with Crippen LogP contribution in [0.15, 0.2) is 11.5 Å². The van der Waals surface area contributed by atoms with Crippen LogP contribution in [-0.4, -0.2) is 5.11 Å². The third-order valence-corrected chi connectivity index (χ3v) is 3.14. The number of hydrogen-bond donors (Lipinski definition) is 1. The molecular weight excluding hydrogens is 128 g/mol. The molecule has 0 aromatic rings. The molecule has 0 aliphatic heterocycles. The van der Waals surface area contributed by atoms with E-state index in [9.17, 15) is 5.11 Å². The molecule has 0 amide bonds. The third kappa shape index (κ3) is 0.295. The molecule has 1 N–H and O–H groups in total. The Morgan fingerprint density at radius 2 is 2.20 bits per heavy atom. The lowest BCUT2D eigenvalue weighted by Crippen LogP contribution is -2.12. The topological polar surface area (TPSA) is 48.4 Å². The van der Waals surface area contributed by atoms with Gasteiger partial charge in [-0.1, -0.05) is 0 Å². The number of diazo groups is 1. The second kappa shape index (κ2) is 1.07. The molecule has 4 aliphatic rings. The van der Waals surface area contributed by atoms with Crippen LogP contribution in [0.2, 0.25) is 0 Å². The number of rotatable bonds is 0. The highest BCUT2D eigenvalue weighted by atomic mass is 16.3. The van der Waals surface area contributed by atoms with Crippen molar-refractivity contribution in [2.24, 2.45) is 23.7 Å². The molecule has 4 rings (SSSR count). The predicted octanol–water partition coefficient (Wildman–Crippen LogP) is 1.50. The van der Waals surface area contributed by atoms with Crippen molar-refractivity contribution in [3.8, 4) is 0 Å². The van der Waals surface area contributed by atoms with Gasteiger partial charge in [0.1, 0.15) is 0 Å². The summed E-state index contributed by atoms with van der Waals surface area (Å²) in [4.78, 5) is 3.05. The minimum absolute atomic E-state index is 0.361. The van der Waals surface area contributed by atoms with Crippen LogP contribution in [0.1, 0.15) is 6.42 Å². The van der Waals surface area contributed by atoms with Gasteiger partial charge >= 0.3 is 5.70 Å². The van der Waals surface area contributed by atoms with Crippen LogP contribution >= 0.6 is 0 Å². The fraction of sp³-hybridized carbons (Fsp3) is 0.714. The molecule has 0 spiro atoms. The zero-order valence-electron chi connectivity index (χ0n) is 5.36. The molecule has 2 fully saturated rings. The van der Waals surface area contributed by atoms with E-state index >= 15 is 0 Å². The smallest absolute Gasteiger partial charge is 0.398 e. The monoisotopic (exact) mass is 135 g/mol. The van der Waals surface area contributed by atoms with Gasteiger partial charge in [0.05, 0.1) is 6.42 Å². The summed E-state index contributed by atoms with van der Waals surface area (Å²) in [7, 11) is 0. The Kier molecular flexibility index (Phi) is 0.507. The van der Waals surface area contributed by atoms with E-state index in [2.05, 4.69) is 4.98 Å². The van der Waals surface area contributed by atoms with Crippen LogP contribution in [0.5, 0.6) is 0 Å². The van der Waals surface area contributed by atoms with Gasteiger partial charge in [-0.2, -0.15) is 0 Å².